The fourth-order valence-corrected chi connectivity index (χ4v) is 4.50. The number of rotatable bonds is 5. The maximum atomic E-state index is 12.9. The van der Waals surface area contributed by atoms with E-state index in [4.69, 9.17) is 0 Å². The largest absolute Gasteiger partial charge is 0.352 e. The van der Waals surface area contributed by atoms with Gasteiger partial charge in [0.15, 0.2) is 0 Å². The van der Waals surface area contributed by atoms with Crippen LogP contribution in [0.3, 0.4) is 0 Å². The van der Waals surface area contributed by atoms with Crippen LogP contribution in [0.25, 0.3) is 0 Å². The van der Waals surface area contributed by atoms with Gasteiger partial charge in [0.25, 0.3) is 0 Å². The van der Waals surface area contributed by atoms with Crippen molar-refractivity contribution in [3.8, 4) is 0 Å². The number of aromatic nitrogens is 2. The SMILES string of the molecule is Cn1cc(S(=O)(=O)N2CCCC(C(=O)NCc3ccc(F)cc3)C2)cn1. The van der Waals surface area contributed by atoms with E-state index in [1.54, 1.807) is 19.2 Å². The van der Waals surface area contributed by atoms with Crippen LogP contribution >= 0.6 is 0 Å². The number of piperidine rings is 1. The lowest BCUT2D eigenvalue weighted by Crippen LogP contribution is -2.45. The normalized spacial score (nSPS) is 18.6. The summed E-state index contributed by atoms with van der Waals surface area (Å²) >= 11 is 0. The molecular weight excluding hydrogens is 359 g/mol. The van der Waals surface area contributed by atoms with Gasteiger partial charge in [0.1, 0.15) is 10.7 Å². The number of nitrogens with zero attached hydrogens (tertiary/aromatic N) is 3. The van der Waals surface area contributed by atoms with Crippen LogP contribution in [0, 0.1) is 11.7 Å². The molecule has 1 amide bonds. The van der Waals surface area contributed by atoms with Crippen LogP contribution in [0.2, 0.25) is 0 Å². The zero-order valence-corrected chi connectivity index (χ0v) is 15.2. The number of carbonyl (C=O) groups is 1. The molecule has 140 valence electrons. The van der Waals surface area contributed by atoms with Crippen LogP contribution in [-0.4, -0.2) is 41.5 Å². The number of aryl methyl sites for hydroxylation is 1. The smallest absolute Gasteiger partial charge is 0.246 e. The van der Waals surface area contributed by atoms with Gasteiger partial charge in [-0.05, 0) is 30.5 Å². The van der Waals surface area contributed by atoms with Crippen LogP contribution < -0.4 is 5.32 Å². The molecule has 1 aliphatic heterocycles. The number of carbonyl (C=O) groups excluding carboxylic acids is 1. The van der Waals surface area contributed by atoms with Gasteiger partial charge in [0.05, 0.1) is 12.1 Å². The van der Waals surface area contributed by atoms with E-state index in [1.807, 2.05) is 0 Å². The van der Waals surface area contributed by atoms with E-state index in [2.05, 4.69) is 10.4 Å². The second-order valence-electron chi connectivity index (χ2n) is 6.40. The van der Waals surface area contributed by atoms with Gasteiger partial charge >= 0.3 is 0 Å². The second kappa shape index (κ2) is 7.55. The van der Waals surface area contributed by atoms with E-state index >= 15 is 0 Å². The molecule has 1 N–H and O–H groups in total. The van der Waals surface area contributed by atoms with Crippen molar-refractivity contribution in [1.29, 1.82) is 0 Å². The minimum absolute atomic E-state index is 0.132. The van der Waals surface area contributed by atoms with Crippen molar-refractivity contribution < 1.29 is 17.6 Å². The Morgan fingerprint density at radius 3 is 2.73 bits per heavy atom. The fourth-order valence-electron chi connectivity index (χ4n) is 2.99. The van der Waals surface area contributed by atoms with Crippen molar-refractivity contribution in [2.45, 2.75) is 24.3 Å². The zero-order valence-electron chi connectivity index (χ0n) is 14.4. The van der Waals surface area contributed by atoms with Crippen molar-refractivity contribution >= 4 is 15.9 Å². The Morgan fingerprint density at radius 1 is 1.35 bits per heavy atom. The molecule has 1 aliphatic rings. The fraction of sp³-hybridized carbons (Fsp3) is 0.412. The molecular formula is C17H21FN4O3S. The summed E-state index contributed by atoms with van der Waals surface area (Å²) in [5.74, 6) is -0.931. The van der Waals surface area contributed by atoms with E-state index in [9.17, 15) is 17.6 Å². The first kappa shape index (κ1) is 18.5. The van der Waals surface area contributed by atoms with Gasteiger partial charge in [0, 0.05) is 32.9 Å². The van der Waals surface area contributed by atoms with Crippen molar-refractivity contribution in [2.24, 2.45) is 13.0 Å². The van der Waals surface area contributed by atoms with E-state index < -0.39 is 15.9 Å². The topological polar surface area (TPSA) is 84.3 Å². The first-order valence-electron chi connectivity index (χ1n) is 8.37. The van der Waals surface area contributed by atoms with Gasteiger partial charge in [0.2, 0.25) is 15.9 Å². The molecule has 7 nitrogen and oxygen atoms in total. The molecule has 2 aromatic rings. The zero-order chi connectivity index (χ0) is 18.7. The third-order valence-corrected chi connectivity index (χ3v) is 6.27. The molecule has 3 rings (SSSR count). The van der Waals surface area contributed by atoms with Crippen molar-refractivity contribution in [1.82, 2.24) is 19.4 Å². The molecule has 1 saturated heterocycles. The molecule has 0 aliphatic carbocycles. The van der Waals surface area contributed by atoms with Gasteiger partial charge in [-0.2, -0.15) is 9.40 Å². The average Bonchev–Trinajstić information content (AvgIpc) is 3.08. The molecule has 1 aromatic carbocycles. The predicted octanol–water partition coefficient (Wildman–Crippen LogP) is 1.28. The van der Waals surface area contributed by atoms with Crippen LogP contribution in [0.15, 0.2) is 41.6 Å². The maximum Gasteiger partial charge on any atom is 0.246 e. The molecule has 1 aromatic heterocycles. The van der Waals surface area contributed by atoms with E-state index in [1.165, 1.54) is 33.5 Å². The Balaban J connectivity index is 1.62. The number of nitrogens with one attached hydrogen (secondary N) is 1. The minimum atomic E-state index is -3.65. The van der Waals surface area contributed by atoms with Crippen molar-refractivity contribution in [2.75, 3.05) is 13.1 Å². The highest BCUT2D eigenvalue weighted by atomic mass is 32.2. The van der Waals surface area contributed by atoms with E-state index in [-0.39, 0.29) is 29.7 Å². The standard InChI is InChI=1S/C17H21FN4O3S/c1-21-12-16(10-20-21)26(24,25)22-8-2-3-14(11-22)17(23)19-9-13-4-6-15(18)7-5-13/h4-7,10,12,14H,2-3,8-9,11H2,1H3,(H,19,23). The summed E-state index contributed by atoms with van der Waals surface area (Å²) in [6.45, 7) is 0.816. The van der Waals surface area contributed by atoms with Gasteiger partial charge in [-0.15, -0.1) is 0 Å². The lowest BCUT2D eigenvalue weighted by molar-refractivity contribution is -0.126. The number of amides is 1. The molecule has 0 bridgehead atoms. The minimum Gasteiger partial charge on any atom is -0.352 e. The Labute approximate surface area is 151 Å². The third-order valence-electron chi connectivity index (χ3n) is 4.45. The van der Waals surface area contributed by atoms with Crippen LogP contribution in [-0.2, 0) is 28.4 Å². The van der Waals surface area contributed by atoms with Crippen LogP contribution in [0.5, 0.6) is 0 Å². The van der Waals surface area contributed by atoms with Crippen LogP contribution in [0.1, 0.15) is 18.4 Å². The van der Waals surface area contributed by atoms with Gasteiger partial charge in [-0.25, -0.2) is 12.8 Å². The van der Waals surface area contributed by atoms with Gasteiger partial charge in [-0.1, -0.05) is 12.1 Å². The summed E-state index contributed by atoms with van der Waals surface area (Å²) in [5, 5.41) is 6.71. The highest BCUT2D eigenvalue weighted by Crippen LogP contribution is 2.23. The molecule has 0 saturated carbocycles. The van der Waals surface area contributed by atoms with E-state index in [0.29, 0.717) is 19.4 Å². The molecule has 0 spiro atoms. The van der Waals surface area contributed by atoms with Crippen molar-refractivity contribution in [3.05, 3.63) is 48.0 Å². The number of hydrogen-bond donors (Lipinski definition) is 1. The van der Waals surface area contributed by atoms with E-state index in [0.717, 1.165) is 5.56 Å². The lowest BCUT2D eigenvalue weighted by atomic mass is 9.99. The molecule has 1 atom stereocenters. The maximum absolute atomic E-state index is 12.9. The highest BCUT2D eigenvalue weighted by molar-refractivity contribution is 7.89. The summed E-state index contributed by atoms with van der Waals surface area (Å²) in [6, 6.07) is 5.89. The van der Waals surface area contributed by atoms with Gasteiger partial charge in [-0.3, -0.25) is 9.48 Å². The molecule has 26 heavy (non-hydrogen) atoms. The average molecular weight is 380 g/mol. The number of benzene rings is 1. The Morgan fingerprint density at radius 2 is 2.08 bits per heavy atom. The molecule has 2 heterocycles. The Kier molecular flexibility index (Phi) is 5.38. The predicted molar refractivity (Wildman–Crippen MR) is 92.9 cm³/mol. The van der Waals surface area contributed by atoms with Crippen LogP contribution in [0.4, 0.5) is 4.39 Å². The molecule has 1 unspecified atom stereocenters. The Bertz CT molecular complexity index is 880. The molecule has 9 heteroatoms. The van der Waals surface area contributed by atoms with Crippen molar-refractivity contribution in [3.63, 3.8) is 0 Å². The highest BCUT2D eigenvalue weighted by Gasteiger charge is 2.33. The summed E-state index contributed by atoms with van der Waals surface area (Å²) < 4.78 is 41.1. The number of hydrogen-bond acceptors (Lipinski definition) is 4. The second-order valence-corrected chi connectivity index (χ2v) is 8.33. The summed E-state index contributed by atoms with van der Waals surface area (Å²) in [4.78, 5) is 12.6. The Hall–Kier alpha value is -2.26. The first-order valence-corrected chi connectivity index (χ1v) is 9.81. The summed E-state index contributed by atoms with van der Waals surface area (Å²) in [6.07, 6.45) is 4.02. The quantitative estimate of drug-likeness (QED) is 0.847. The first-order chi connectivity index (χ1) is 12.4. The van der Waals surface area contributed by atoms with Gasteiger partial charge < -0.3 is 5.32 Å². The number of halogens is 1. The summed E-state index contributed by atoms with van der Waals surface area (Å²) in [5.41, 5.74) is 0.787. The lowest BCUT2D eigenvalue weighted by Gasteiger charge is -2.30. The summed E-state index contributed by atoms with van der Waals surface area (Å²) in [7, 11) is -2.00. The monoisotopic (exact) mass is 380 g/mol. The third kappa shape index (κ3) is 4.10. The molecule has 0 radical (unpaired) electrons. The number of sulfonamides is 1. The molecule has 1 fully saturated rings.